The van der Waals surface area contributed by atoms with E-state index in [0.29, 0.717) is 10.8 Å². The number of rotatable bonds is 5. The molecule has 1 atom stereocenters. The van der Waals surface area contributed by atoms with Crippen LogP contribution in [0.15, 0.2) is 23.1 Å². The first kappa shape index (κ1) is 15.2. The molecule has 1 N–H and O–H groups in total. The highest BCUT2D eigenvalue weighted by molar-refractivity contribution is 7.89. The van der Waals surface area contributed by atoms with E-state index in [1.54, 1.807) is 6.07 Å². The fourth-order valence-corrected chi connectivity index (χ4v) is 3.28. The second kappa shape index (κ2) is 5.85. The van der Waals surface area contributed by atoms with E-state index in [1.165, 1.54) is 0 Å². The van der Waals surface area contributed by atoms with Crippen molar-refractivity contribution in [2.45, 2.75) is 57.9 Å². The lowest BCUT2D eigenvalue weighted by Crippen LogP contribution is -2.32. The van der Waals surface area contributed by atoms with Gasteiger partial charge in [0.15, 0.2) is 0 Å². The Morgan fingerprint density at radius 2 is 1.83 bits per heavy atom. The Labute approximate surface area is 111 Å². The van der Waals surface area contributed by atoms with Crippen LogP contribution in [-0.4, -0.2) is 14.5 Å². The molecule has 0 spiro atoms. The average Bonchev–Trinajstić information content (AvgIpc) is 2.28. The minimum absolute atomic E-state index is 0.0443. The first-order valence-corrected chi connectivity index (χ1v) is 7.89. The van der Waals surface area contributed by atoms with E-state index in [-0.39, 0.29) is 6.04 Å². The molecule has 0 bridgehead atoms. The van der Waals surface area contributed by atoms with Gasteiger partial charge in [-0.2, -0.15) is 0 Å². The van der Waals surface area contributed by atoms with E-state index in [9.17, 15) is 8.42 Å². The van der Waals surface area contributed by atoms with Gasteiger partial charge in [-0.1, -0.05) is 32.9 Å². The van der Waals surface area contributed by atoms with Crippen LogP contribution in [0.5, 0.6) is 0 Å². The molecule has 0 unspecified atom stereocenters. The Morgan fingerprint density at radius 1 is 1.22 bits per heavy atom. The summed E-state index contributed by atoms with van der Waals surface area (Å²) in [4.78, 5) is 0.397. The number of benzene rings is 1. The van der Waals surface area contributed by atoms with Crippen LogP contribution < -0.4 is 4.72 Å². The molecule has 0 fully saturated rings. The Morgan fingerprint density at radius 3 is 2.33 bits per heavy atom. The third-order valence-corrected chi connectivity index (χ3v) is 4.87. The molecule has 1 aromatic rings. The van der Waals surface area contributed by atoms with E-state index >= 15 is 0 Å². The van der Waals surface area contributed by atoms with Crippen LogP contribution in [0.4, 0.5) is 0 Å². The summed E-state index contributed by atoms with van der Waals surface area (Å²) in [6.07, 6.45) is 0.780. The second-order valence-corrected chi connectivity index (χ2v) is 6.79. The number of aryl methyl sites for hydroxylation is 1. The maximum absolute atomic E-state index is 12.3. The van der Waals surface area contributed by atoms with Crippen molar-refractivity contribution < 1.29 is 8.42 Å². The van der Waals surface area contributed by atoms with Gasteiger partial charge < -0.3 is 0 Å². The van der Waals surface area contributed by atoms with Crippen LogP contribution in [-0.2, 0) is 10.0 Å². The van der Waals surface area contributed by atoms with Gasteiger partial charge in [-0.3, -0.25) is 0 Å². The van der Waals surface area contributed by atoms with Crippen LogP contribution in [0.2, 0.25) is 0 Å². The fraction of sp³-hybridized carbons (Fsp3) is 0.571. The van der Waals surface area contributed by atoms with Gasteiger partial charge in [0.1, 0.15) is 0 Å². The highest BCUT2D eigenvalue weighted by Gasteiger charge is 2.19. The minimum atomic E-state index is -3.41. The third-order valence-electron chi connectivity index (χ3n) is 3.14. The molecular formula is C14H23NO2S. The number of hydrogen-bond acceptors (Lipinski definition) is 2. The number of nitrogens with one attached hydrogen (secondary N) is 1. The standard InChI is InChI=1S/C14H23NO2S/c1-6-12(5)15-18(16,17)14-9-13(10(2)3)8-7-11(14)4/h7-10,12,15H,6H2,1-5H3/t12-/m1/s1. The molecule has 1 aromatic carbocycles. The van der Waals surface area contributed by atoms with Crippen LogP contribution in [0.25, 0.3) is 0 Å². The van der Waals surface area contributed by atoms with Gasteiger partial charge in [0.2, 0.25) is 10.0 Å². The van der Waals surface area contributed by atoms with Gasteiger partial charge >= 0.3 is 0 Å². The van der Waals surface area contributed by atoms with Gasteiger partial charge in [-0.15, -0.1) is 0 Å². The molecule has 0 aliphatic rings. The lowest BCUT2D eigenvalue weighted by atomic mass is 10.0. The van der Waals surface area contributed by atoms with Crippen molar-refractivity contribution in [1.82, 2.24) is 4.72 Å². The molecule has 0 heterocycles. The van der Waals surface area contributed by atoms with Gasteiger partial charge in [0.05, 0.1) is 4.90 Å². The molecule has 0 aromatic heterocycles. The maximum atomic E-state index is 12.3. The normalized spacial score (nSPS) is 13.9. The highest BCUT2D eigenvalue weighted by atomic mass is 32.2. The van der Waals surface area contributed by atoms with Crippen molar-refractivity contribution >= 4 is 10.0 Å². The first-order chi connectivity index (χ1) is 8.27. The molecule has 4 heteroatoms. The van der Waals surface area contributed by atoms with E-state index in [0.717, 1.165) is 17.5 Å². The number of sulfonamides is 1. The Bertz CT molecular complexity index is 507. The SMILES string of the molecule is CC[C@@H](C)NS(=O)(=O)c1cc(C(C)C)ccc1C. The van der Waals surface area contributed by atoms with Gasteiger partial charge in [0.25, 0.3) is 0 Å². The monoisotopic (exact) mass is 269 g/mol. The molecule has 0 radical (unpaired) electrons. The highest BCUT2D eigenvalue weighted by Crippen LogP contribution is 2.22. The van der Waals surface area contributed by atoms with Crippen LogP contribution in [0.1, 0.15) is 51.2 Å². The summed E-state index contributed by atoms with van der Waals surface area (Å²) in [6, 6.07) is 5.60. The largest absolute Gasteiger partial charge is 0.241 e. The fourth-order valence-electron chi connectivity index (χ4n) is 1.68. The molecule has 18 heavy (non-hydrogen) atoms. The molecule has 0 amide bonds. The molecule has 0 aliphatic heterocycles. The van der Waals surface area contributed by atoms with Crippen molar-refractivity contribution in [1.29, 1.82) is 0 Å². The van der Waals surface area contributed by atoms with Gasteiger partial charge in [-0.25, -0.2) is 13.1 Å². The van der Waals surface area contributed by atoms with Crippen molar-refractivity contribution in [2.75, 3.05) is 0 Å². The lowest BCUT2D eigenvalue weighted by Gasteiger charge is -2.15. The number of hydrogen-bond donors (Lipinski definition) is 1. The van der Waals surface area contributed by atoms with E-state index in [1.807, 2.05) is 32.9 Å². The molecule has 3 nitrogen and oxygen atoms in total. The quantitative estimate of drug-likeness (QED) is 0.892. The van der Waals surface area contributed by atoms with Gasteiger partial charge in [0, 0.05) is 6.04 Å². The van der Waals surface area contributed by atoms with E-state index in [2.05, 4.69) is 18.6 Å². The summed E-state index contributed by atoms with van der Waals surface area (Å²) in [5, 5.41) is 0. The van der Waals surface area contributed by atoms with E-state index in [4.69, 9.17) is 0 Å². The molecule has 102 valence electrons. The Kier molecular flexibility index (Phi) is 4.93. The summed E-state index contributed by atoms with van der Waals surface area (Å²) < 4.78 is 27.3. The zero-order valence-corrected chi connectivity index (χ0v) is 12.6. The predicted molar refractivity (Wildman–Crippen MR) is 75.3 cm³/mol. The minimum Gasteiger partial charge on any atom is -0.208 e. The van der Waals surface area contributed by atoms with Crippen LogP contribution in [0.3, 0.4) is 0 Å². The predicted octanol–water partition coefficient (Wildman–Crippen LogP) is 3.20. The lowest BCUT2D eigenvalue weighted by molar-refractivity contribution is 0.555. The summed E-state index contributed by atoms with van der Waals surface area (Å²) in [7, 11) is -3.41. The first-order valence-electron chi connectivity index (χ1n) is 6.40. The maximum Gasteiger partial charge on any atom is 0.241 e. The Balaban J connectivity index is 3.19. The third kappa shape index (κ3) is 3.56. The summed E-state index contributed by atoms with van der Waals surface area (Å²) in [6.45, 7) is 9.78. The molecule has 0 aliphatic carbocycles. The zero-order chi connectivity index (χ0) is 13.9. The molecular weight excluding hydrogens is 246 g/mol. The summed E-state index contributed by atoms with van der Waals surface area (Å²) in [5.74, 6) is 0.322. The Hall–Kier alpha value is -0.870. The van der Waals surface area contributed by atoms with Crippen molar-refractivity contribution in [3.63, 3.8) is 0 Å². The van der Waals surface area contributed by atoms with Crippen molar-refractivity contribution in [3.05, 3.63) is 29.3 Å². The zero-order valence-electron chi connectivity index (χ0n) is 11.8. The van der Waals surface area contributed by atoms with Crippen LogP contribution >= 0.6 is 0 Å². The second-order valence-electron chi connectivity index (χ2n) is 5.11. The van der Waals surface area contributed by atoms with Crippen molar-refractivity contribution in [3.8, 4) is 0 Å². The molecule has 1 rings (SSSR count). The summed E-state index contributed by atoms with van der Waals surface area (Å²) in [5.41, 5.74) is 1.83. The van der Waals surface area contributed by atoms with Gasteiger partial charge in [-0.05, 0) is 43.4 Å². The smallest absolute Gasteiger partial charge is 0.208 e. The van der Waals surface area contributed by atoms with Crippen molar-refractivity contribution in [2.24, 2.45) is 0 Å². The van der Waals surface area contributed by atoms with Crippen LogP contribution in [0, 0.1) is 6.92 Å². The van der Waals surface area contributed by atoms with E-state index < -0.39 is 10.0 Å². The summed E-state index contributed by atoms with van der Waals surface area (Å²) >= 11 is 0. The molecule has 0 saturated heterocycles. The average molecular weight is 269 g/mol. The topological polar surface area (TPSA) is 46.2 Å². The molecule has 0 saturated carbocycles.